The van der Waals surface area contributed by atoms with Crippen LogP contribution in [0.3, 0.4) is 0 Å². The maximum Gasteiger partial charge on any atom is 0.242 e. The molecule has 2 unspecified atom stereocenters. The minimum atomic E-state index is -3.74. The van der Waals surface area contributed by atoms with Gasteiger partial charge in [0.2, 0.25) is 10.0 Å². The summed E-state index contributed by atoms with van der Waals surface area (Å²) in [5, 5.41) is 9.02. The third kappa shape index (κ3) is 4.47. The molecule has 5 nitrogen and oxygen atoms in total. The van der Waals surface area contributed by atoms with Crippen molar-refractivity contribution in [1.29, 1.82) is 0 Å². The van der Waals surface area contributed by atoms with Gasteiger partial charge in [-0.2, -0.15) is 11.8 Å². The first-order valence-corrected chi connectivity index (χ1v) is 8.81. The van der Waals surface area contributed by atoms with Gasteiger partial charge >= 0.3 is 0 Å². The highest BCUT2D eigenvalue weighted by atomic mass is 35.5. The van der Waals surface area contributed by atoms with Crippen molar-refractivity contribution >= 4 is 45.0 Å². The van der Waals surface area contributed by atoms with Crippen LogP contribution in [-0.2, 0) is 10.0 Å². The minimum Gasteiger partial charge on any atom is -0.395 e. The Morgan fingerprint density at radius 1 is 1.53 bits per heavy atom. The fourth-order valence-electron chi connectivity index (χ4n) is 1.38. The van der Waals surface area contributed by atoms with E-state index in [0.29, 0.717) is 0 Å². The van der Waals surface area contributed by atoms with Crippen LogP contribution in [0.25, 0.3) is 0 Å². The first kappa shape index (κ1) is 17.0. The molecule has 0 spiro atoms. The van der Waals surface area contributed by atoms with Gasteiger partial charge in [0.25, 0.3) is 0 Å². The van der Waals surface area contributed by atoms with Crippen LogP contribution in [0, 0.1) is 0 Å². The van der Waals surface area contributed by atoms with Gasteiger partial charge in [0.1, 0.15) is 10.0 Å². The molecule has 0 aromatic carbocycles. The summed E-state index contributed by atoms with van der Waals surface area (Å²) in [6, 6.07) is 0.804. The van der Waals surface area contributed by atoms with Crippen LogP contribution >= 0.6 is 35.0 Å². The summed E-state index contributed by atoms with van der Waals surface area (Å²) in [4.78, 5) is 3.63. The van der Waals surface area contributed by atoms with Gasteiger partial charge in [0, 0.05) is 17.5 Å². The van der Waals surface area contributed by atoms with Crippen LogP contribution in [0.5, 0.6) is 0 Å². The average Bonchev–Trinajstić information content (AvgIpc) is 2.33. The number of aromatic nitrogens is 1. The zero-order valence-corrected chi connectivity index (χ0v) is 13.4. The molecular formula is C10H14Cl2N2O3S2. The molecule has 2 atom stereocenters. The van der Waals surface area contributed by atoms with Crippen molar-refractivity contribution in [3.05, 3.63) is 22.4 Å². The van der Waals surface area contributed by atoms with Crippen LogP contribution in [-0.4, -0.2) is 42.7 Å². The number of pyridine rings is 1. The van der Waals surface area contributed by atoms with E-state index in [1.807, 2.05) is 0 Å². The second-order valence-corrected chi connectivity index (χ2v) is 7.37. The Morgan fingerprint density at radius 3 is 2.63 bits per heavy atom. The molecule has 1 aromatic rings. The molecule has 1 aromatic heterocycles. The molecule has 108 valence electrons. The molecule has 0 saturated carbocycles. The van der Waals surface area contributed by atoms with Crippen LogP contribution in [0.1, 0.15) is 6.92 Å². The fraction of sp³-hybridized carbons (Fsp3) is 0.500. The Balaban J connectivity index is 2.95. The zero-order valence-electron chi connectivity index (χ0n) is 10.3. The number of halogens is 2. The van der Waals surface area contributed by atoms with Crippen molar-refractivity contribution in [2.24, 2.45) is 0 Å². The highest BCUT2D eigenvalue weighted by Crippen LogP contribution is 2.22. The van der Waals surface area contributed by atoms with Crippen molar-refractivity contribution in [3.8, 4) is 0 Å². The van der Waals surface area contributed by atoms with Gasteiger partial charge in [-0.25, -0.2) is 18.1 Å². The molecule has 19 heavy (non-hydrogen) atoms. The van der Waals surface area contributed by atoms with Crippen molar-refractivity contribution in [3.63, 3.8) is 0 Å². The van der Waals surface area contributed by atoms with E-state index in [-0.39, 0.29) is 26.9 Å². The SMILES string of the molecule is CSC(CO)C(C)NS(=O)(=O)c1cnc(Cl)c(Cl)c1. The van der Waals surface area contributed by atoms with E-state index >= 15 is 0 Å². The molecule has 0 aliphatic carbocycles. The van der Waals surface area contributed by atoms with E-state index in [1.54, 1.807) is 13.2 Å². The molecule has 9 heteroatoms. The molecule has 0 bridgehead atoms. The smallest absolute Gasteiger partial charge is 0.242 e. The molecule has 0 aliphatic heterocycles. The zero-order chi connectivity index (χ0) is 14.6. The van der Waals surface area contributed by atoms with Crippen molar-refractivity contribution in [1.82, 2.24) is 9.71 Å². The normalized spacial score (nSPS) is 15.2. The molecule has 1 rings (SSSR count). The quantitative estimate of drug-likeness (QED) is 0.769. The summed E-state index contributed by atoms with van der Waals surface area (Å²) in [7, 11) is -3.74. The maximum absolute atomic E-state index is 12.1. The lowest BCUT2D eigenvalue weighted by atomic mass is 10.3. The average molecular weight is 345 g/mol. The largest absolute Gasteiger partial charge is 0.395 e. The molecule has 0 fully saturated rings. The number of hydrogen-bond acceptors (Lipinski definition) is 5. The van der Waals surface area contributed by atoms with E-state index in [4.69, 9.17) is 28.3 Å². The topological polar surface area (TPSA) is 79.3 Å². The highest BCUT2D eigenvalue weighted by molar-refractivity contribution is 7.99. The second kappa shape index (κ2) is 7.10. The molecule has 0 saturated heterocycles. The standard InChI is InChI=1S/C10H14Cl2N2O3S2/c1-6(9(5-15)18-2)14-19(16,17)7-3-8(11)10(12)13-4-7/h3-4,6,9,14-15H,5H2,1-2H3. The van der Waals surface area contributed by atoms with Gasteiger partial charge in [-0.1, -0.05) is 23.2 Å². The lowest BCUT2D eigenvalue weighted by molar-refractivity contribution is 0.282. The monoisotopic (exact) mass is 344 g/mol. The van der Waals surface area contributed by atoms with Crippen molar-refractivity contribution in [2.45, 2.75) is 23.1 Å². The predicted molar refractivity (Wildman–Crippen MR) is 78.4 cm³/mol. The number of aliphatic hydroxyl groups excluding tert-OH is 1. The molecule has 0 amide bonds. The predicted octanol–water partition coefficient (Wildman–Crippen LogP) is 1.78. The van der Waals surface area contributed by atoms with Crippen LogP contribution in [0.15, 0.2) is 17.2 Å². The van der Waals surface area contributed by atoms with Crippen LogP contribution in [0.4, 0.5) is 0 Å². The van der Waals surface area contributed by atoms with Gasteiger partial charge in [0.15, 0.2) is 0 Å². The molecule has 2 N–H and O–H groups in total. The van der Waals surface area contributed by atoms with Crippen LogP contribution in [0.2, 0.25) is 10.2 Å². The van der Waals surface area contributed by atoms with Gasteiger partial charge in [0.05, 0.1) is 11.6 Å². The first-order valence-electron chi connectivity index (χ1n) is 5.29. The Bertz CT molecular complexity index is 536. The number of aliphatic hydroxyl groups is 1. The molecule has 1 heterocycles. The third-order valence-corrected chi connectivity index (χ3v) is 5.84. The van der Waals surface area contributed by atoms with E-state index in [1.165, 1.54) is 17.8 Å². The number of hydrogen-bond donors (Lipinski definition) is 2. The number of nitrogens with one attached hydrogen (secondary N) is 1. The minimum absolute atomic E-state index is 0.0472. The Labute approximate surface area is 126 Å². The lowest BCUT2D eigenvalue weighted by Crippen LogP contribution is -2.41. The summed E-state index contributed by atoms with van der Waals surface area (Å²) >= 11 is 12.8. The van der Waals surface area contributed by atoms with E-state index < -0.39 is 16.1 Å². The van der Waals surface area contributed by atoms with E-state index in [2.05, 4.69) is 9.71 Å². The molecular weight excluding hydrogens is 331 g/mol. The summed E-state index contributed by atoms with van der Waals surface area (Å²) in [6.07, 6.45) is 2.93. The molecule has 0 aliphatic rings. The summed E-state index contributed by atoms with van der Waals surface area (Å²) in [6.45, 7) is 1.56. The summed E-state index contributed by atoms with van der Waals surface area (Å²) < 4.78 is 26.7. The second-order valence-electron chi connectivity index (χ2n) is 3.81. The lowest BCUT2D eigenvalue weighted by Gasteiger charge is -2.21. The van der Waals surface area contributed by atoms with Crippen LogP contribution < -0.4 is 4.72 Å². The number of rotatable bonds is 6. The fourth-order valence-corrected chi connectivity index (χ4v) is 3.68. The maximum atomic E-state index is 12.1. The van der Waals surface area contributed by atoms with Crippen molar-refractivity contribution in [2.75, 3.05) is 12.9 Å². The Hall–Kier alpha value is -0.0500. The van der Waals surface area contributed by atoms with E-state index in [9.17, 15) is 8.42 Å². The Kier molecular flexibility index (Phi) is 6.35. The third-order valence-electron chi connectivity index (χ3n) is 2.46. The van der Waals surface area contributed by atoms with Gasteiger partial charge in [-0.05, 0) is 19.2 Å². The van der Waals surface area contributed by atoms with E-state index in [0.717, 1.165) is 6.20 Å². The van der Waals surface area contributed by atoms with Crippen molar-refractivity contribution < 1.29 is 13.5 Å². The number of sulfonamides is 1. The first-order chi connectivity index (χ1) is 8.81. The number of nitrogens with zero attached hydrogens (tertiary/aromatic N) is 1. The van der Waals surface area contributed by atoms with Gasteiger partial charge < -0.3 is 5.11 Å². The number of thioether (sulfide) groups is 1. The highest BCUT2D eigenvalue weighted by Gasteiger charge is 2.23. The summed E-state index contributed by atoms with van der Waals surface area (Å²) in [5.41, 5.74) is 0. The van der Waals surface area contributed by atoms with Gasteiger partial charge in [-0.15, -0.1) is 0 Å². The summed E-state index contributed by atoms with van der Waals surface area (Å²) in [5.74, 6) is 0. The van der Waals surface area contributed by atoms with Gasteiger partial charge in [-0.3, -0.25) is 0 Å². The Morgan fingerprint density at radius 2 is 2.16 bits per heavy atom. The molecule has 0 radical (unpaired) electrons.